The summed E-state index contributed by atoms with van der Waals surface area (Å²) in [6.45, 7) is 2.43. The van der Waals surface area contributed by atoms with Crippen molar-refractivity contribution < 1.29 is 14.3 Å². The molecule has 0 spiro atoms. The molecule has 2 heterocycles. The summed E-state index contributed by atoms with van der Waals surface area (Å²) in [7, 11) is 0. The first-order valence-corrected chi connectivity index (χ1v) is 4.59. The lowest BCUT2D eigenvalue weighted by Gasteiger charge is -1.98. The fourth-order valence-electron chi connectivity index (χ4n) is 1.42. The van der Waals surface area contributed by atoms with Gasteiger partial charge in [0, 0.05) is 12.4 Å². The Bertz CT molecular complexity index is 481. The molecule has 0 unspecified atom stereocenters. The van der Waals surface area contributed by atoms with Gasteiger partial charge in [0.2, 0.25) is 0 Å². The average Bonchev–Trinajstić information content (AvgIpc) is 2.76. The van der Waals surface area contributed by atoms with Crippen molar-refractivity contribution in [3.8, 4) is 0 Å². The standard InChI is InChI=1S/C11H11NO3/c1-8-2-3-10(15-8)7-12-5-4-9(6-12)11(13)14/h2-6H,7H2,1H3,(H,13,14). The van der Waals surface area contributed by atoms with Crippen LogP contribution in [0.5, 0.6) is 0 Å². The molecule has 15 heavy (non-hydrogen) atoms. The van der Waals surface area contributed by atoms with E-state index in [-0.39, 0.29) is 0 Å². The van der Waals surface area contributed by atoms with E-state index in [4.69, 9.17) is 9.52 Å². The van der Waals surface area contributed by atoms with Gasteiger partial charge in [0.1, 0.15) is 11.5 Å². The number of aromatic carboxylic acids is 1. The van der Waals surface area contributed by atoms with Gasteiger partial charge in [-0.1, -0.05) is 0 Å². The molecule has 2 aromatic heterocycles. The van der Waals surface area contributed by atoms with Crippen LogP contribution < -0.4 is 0 Å². The maximum absolute atomic E-state index is 10.6. The first-order valence-electron chi connectivity index (χ1n) is 4.59. The van der Waals surface area contributed by atoms with E-state index in [0.717, 1.165) is 11.5 Å². The Kier molecular flexibility index (Phi) is 2.33. The Morgan fingerprint density at radius 1 is 1.47 bits per heavy atom. The zero-order valence-electron chi connectivity index (χ0n) is 8.30. The van der Waals surface area contributed by atoms with E-state index in [1.807, 2.05) is 19.1 Å². The summed E-state index contributed by atoms with van der Waals surface area (Å²) in [5, 5.41) is 8.73. The number of aryl methyl sites for hydroxylation is 1. The molecule has 0 atom stereocenters. The molecule has 0 amide bonds. The molecule has 4 heteroatoms. The molecule has 0 aliphatic carbocycles. The Hall–Kier alpha value is -1.97. The average molecular weight is 205 g/mol. The summed E-state index contributed by atoms with van der Waals surface area (Å²) in [4.78, 5) is 10.6. The number of hydrogen-bond donors (Lipinski definition) is 1. The summed E-state index contributed by atoms with van der Waals surface area (Å²) >= 11 is 0. The van der Waals surface area contributed by atoms with Crippen LogP contribution in [-0.4, -0.2) is 15.6 Å². The molecular weight excluding hydrogens is 194 g/mol. The number of hydrogen-bond acceptors (Lipinski definition) is 2. The second kappa shape index (κ2) is 3.65. The minimum atomic E-state index is -0.913. The van der Waals surface area contributed by atoms with Gasteiger partial charge in [-0.2, -0.15) is 0 Å². The van der Waals surface area contributed by atoms with Crippen LogP contribution in [0.15, 0.2) is 35.0 Å². The van der Waals surface area contributed by atoms with Crippen molar-refractivity contribution in [2.45, 2.75) is 13.5 Å². The van der Waals surface area contributed by atoms with Crippen molar-refractivity contribution >= 4 is 5.97 Å². The van der Waals surface area contributed by atoms with Gasteiger partial charge in [-0.3, -0.25) is 0 Å². The largest absolute Gasteiger partial charge is 0.478 e. The van der Waals surface area contributed by atoms with Crippen LogP contribution in [0, 0.1) is 6.92 Å². The molecule has 0 bridgehead atoms. The van der Waals surface area contributed by atoms with Gasteiger partial charge in [-0.15, -0.1) is 0 Å². The van der Waals surface area contributed by atoms with E-state index >= 15 is 0 Å². The molecule has 0 radical (unpaired) electrons. The molecule has 0 aromatic carbocycles. The zero-order valence-corrected chi connectivity index (χ0v) is 8.30. The topological polar surface area (TPSA) is 55.4 Å². The molecule has 0 fully saturated rings. The van der Waals surface area contributed by atoms with Crippen molar-refractivity contribution in [1.29, 1.82) is 0 Å². The lowest BCUT2D eigenvalue weighted by molar-refractivity contribution is 0.0697. The van der Waals surface area contributed by atoms with Crippen molar-refractivity contribution in [1.82, 2.24) is 4.57 Å². The third-order valence-corrected chi connectivity index (χ3v) is 2.13. The third kappa shape index (κ3) is 2.10. The summed E-state index contributed by atoms with van der Waals surface area (Å²) in [5.41, 5.74) is 0.290. The van der Waals surface area contributed by atoms with E-state index < -0.39 is 5.97 Å². The fourth-order valence-corrected chi connectivity index (χ4v) is 1.42. The van der Waals surface area contributed by atoms with Gasteiger partial charge in [-0.05, 0) is 25.1 Å². The Morgan fingerprint density at radius 3 is 2.80 bits per heavy atom. The number of aromatic nitrogens is 1. The lowest BCUT2D eigenvalue weighted by Crippen LogP contribution is -1.96. The highest BCUT2D eigenvalue weighted by Gasteiger charge is 2.05. The number of rotatable bonds is 3. The van der Waals surface area contributed by atoms with Gasteiger partial charge < -0.3 is 14.1 Å². The number of carboxylic acids is 1. The quantitative estimate of drug-likeness (QED) is 0.835. The Balaban J connectivity index is 2.14. The first-order chi connectivity index (χ1) is 7.15. The van der Waals surface area contributed by atoms with Crippen LogP contribution in [0.2, 0.25) is 0 Å². The highest BCUT2D eigenvalue weighted by Crippen LogP contribution is 2.09. The molecule has 78 valence electrons. The molecule has 0 saturated carbocycles. The maximum Gasteiger partial charge on any atom is 0.337 e. The van der Waals surface area contributed by atoms with Crippen molar-refractivity contribution in [3.05, 3.63) is 47.7 Å². The van der Waals surface area contributed by atoms with E-state index in [9.17, 15) is 4.79 Å². The Morgan fingerprint density at radius 2 is 2.27 bits per heavy atom. The minimum absolute atomic E-state index is 0.290. The zero-order chi connectivity index (χ0) is 10.8. The number of furan rings is 1. The lowest BCUT2D eigenvalue weighted by atomic mass is 10.3. The fraction of sp³-hybridized carbons (Fsp3) is 0.182. The van der Waals surface area contributed by atoms with Gasteiger partial charge in [-0.25, -0.2) is 4.79 Å². The second-order valence-corrected chi connectivity index (χ2v) is 3.39. The number of carbonyl (C=O) groups is 1. The smallest absolute Gasteiger partial charge is 0.337 e. The van der Waals surface area contributed by atoms with E-state index in [0.29, 0.717) is 12.1 Å². The van der Waals surface area contributed by atoms with Crippen LogP contribution in [0.4, 0.5) is 0 Å². The summed E-state index contributed by atoms with van der Waals surface area (Å²) in [6.07, 6.45) is 3.31. The maximum atomic E-state index is 10.6. The Labute approximate surface area is 86.8 Å². The van der Waals surface area contributed by atoms with Crippen molar-refractivity contribution in [2.24, 2.45) is 0 Å². The normalized spacial score (nSPS) is 10.5. The van der Waals surface area contributed by atoms with Gasteiger partial charge in [0.15, 0.2) is 0 Å². The molecule has 0 aliphatic rings. The third-order valence-electron chi connectivity index (χ3n) is 2.13. The summed E-state index contributed by atoms with van der Waals surface area (Å²) < 4.78 is 7.17. The SMILES string of the molecule is Cc1ccc(Cn2ccc(C(=O)O)c2)o1. The van der Waals surface area contributed by atoms with Crippen LogP contribution >= 0.6 is 0 Å². The van der Waals surface area contributed by atoms with Crippen LogP contribution in [0.3, 0.4) is 0 Å². The summed E-state index contributed by atoms with van der Waals surface area (Å²) in [5.74, 6) is 0.764. The molecule has 0 saturated heterocycles. The molecule has 2 aromatic rings. The van der Waals surface area contributed by atoms with Gasteiger partial charge in [0.05, 0.1) is 12.1 Å². The van der Waals surface area contributed by atoms with E-state index in [2.05, 4.69) is 0 Å². The van der Waals surface area contributed by atoms with E-state index in [1.165, 1.54) is 0 Å². The van der Waals surface area contributed by atoms with E-state index in [1.54, 1.807) is 23.0 Å². The van der Waals surface area contributed by atoms with Crippen LogP contribution in [-0.2, 0) is 6.54 Å². The highest BCUT2D eigenvalue weighted by atomic mass is 16.4. The predicted octanol–water partition coefficient (Wildman–Crippen LogP) is 2.14. The number of carboxylic acid groups (broad SMARTS) is 1. The minimum Gasteiger partial charge on any atom is -0.478 e. The first kappa shape index (κ1) is 9.58. The van der Waals surface area contributed by atoms with Gasteiger partial charge >= 0.3 is 5.97 Å². The molecule has 4 nitrogen and oxygen atoms in total. The molecule has 2 rings (SSSR count). The predicted molar refractivity (Wildman–Crippen MR) is 53.9 cm³/mol. The monoisotopic (exact) mass is 205 g/mol. The van der Waals surface area contributed by atoms with Crippen molar-refractivity contribution in [2.75, 3.05) is 0 Å². The van der Waals surface area contributed by atoms with Crippen LogP contribution in [0.25, 0.3) is 0 Å². The van der Waals surface area contributed by atoms with Gasteiger partial charge in [0.25, 0.3) is 0 Å². The molecular formula is C11H11NO3. The number of nitrogens with zero attached hydrogens (tertiary/aromatic N) is 1. The molecule has 1 N–H and O–H groups in total. The molecule has 0 aliphatic heterocycles. The second-order valence-electron chi connectivity index (χ2n) is 3.39. The summed E-state index contributed by atoms with van der Waals surface area (Å²) in [6, 6.07) is 5.34. The highest BCUT2D eigenvalue weighted by molar-refractivity contribution is 5.87. The van der Waals surface area contributed by atoms with Crippen molar-refractivity contribution in [3.63, 3.8) is 0 Å². The van der Waals surface area contributed by atoms with Crippen LogP contribution in [0.1, 0.15) is 21.9 Å².